The Balaban J connectivity index is 0.00000392. The van der Waals surface area contributed by atoms with Crippen molar-refractivity contribution in [2.45, 2.75) is 39.7 Å². The molecule has 2 N–H and O–H groups in total. The number of nitrogens with zero attached hydrogens (tertiary/aromatic N) is 2. The third kappa shape index (κ3) is 9.88. The summed E-state index contributed by atoms with van der Waals surface area (Å²) in [7, 11) is 0. The number of rotatable bonds is 12. The molecule has 2 heterocycles. The zero-order valence-electron chi connectivity index (χ0n) is 17.1. The molecule has 8 heteroatoms. The zero-order valence-corrected chi connectivity index (χ0v) is 19.4. The van der Waals surface area contributed by atoms with Gasteiger partial charge in [0.2, 0.25) is 5.88 Å². The maximum atomic E-state index is 5.74. The lowest BCUT2D eigenvalue weighted by Gasteiger charge is -2.13. The van der Waals surface area contributed by atoms with Crippen molar-refractivity contribution in [2.24, 2.45) is 10.9 Å². The highest BCUT2D eigenvalue weighted by atomic mass is 127. The first-order chi connectivity index (χ1) is 13.3. The van der Waals surface area contributed by atoms with E-state index >= 15 is 0 Å². The van der Waals surface area contributed by atoms with Crippen LogP contribution in [0, 0.1) is 5.92 Å². The molecule has 1 aromatic rings. The maximum Gasteiger partial charge on any atom is 0.218 e. The average molecular weight is 506 g/mol. The van der Waals surface area contributed by atoms with Crippen molar-refractivity contribution in [3.8, 4) is 5.88 Å². The summed E-state index contributed by atoms with van der Waals surface area (Å²) in [4.78, 5) is 8.96. The van der Waals surface area contributed by atoms with E-state index in [1.54, 1.807) is 6.20 Å². The third-order valence-electron chi connectivity index (χ3n) is 4.18. The Bertz CT molecular complexity index is 554. The molecule has 1 aliphatic rings. The molecule has 0 radical (unpaired) electrons. The van der Waals surface area contributed by atoms with Crippen LogP contribution >= 0.6 is 24.0 Å². The lowest BCUT2D eigenvalue weighted by molar-refractivity contribution is 0.0888. The zero-order chi connectivity index (χ0) is 19.2. The highest BCUT2D eigenvalue weighted by molar-refractivity contribution is 14.0. The molecular weight excluding hydrogens is 471 g/mol. The van der Waals surface area contributed by atoms with E-state index in [9.17, 15) is 0 Å². The van der Waals surface area contributed by atoms with Gasteiger partial charge in [-0.15, -0.1) is 24.0 Å². The number of hydrogen-bond donors (Lipinski definition) is 2. The molecule has 0 spiro atoms. The number of guanidine groups is 1. The normalized spacial score (nSPS) is 16.5. The van der Waals surface area contributed by atoms with Crippen LogP contribution in [0.3, 0.4) is 0 Å². The number of ether oxygens (including phenoxy) is 3. The van der Waals surface area contributed by atoms with Gasteiger partial charge in [0, 0.05) is 44.0 Å². The van der Waals surface area contributed by atoms with Crippen LogP contribution in [0.25, 0.3) is 0 Å². The van der Waals surface area contributed by atoms with E-state index < -0.39 is 0 Å². The van der Waals surface area contributed by atoms with E-state index in [4.69, 9.17) is 14.2 Å². The first-order valence-electron chi connectivity index (χ1n) is 10.1. The first kappa shape index (κ1) is 24.9. The molecule has 0 amide bonds. The molecule has 0 aromatic carbocycles. The summed E-state index contributed by atoms with van der Waals surface area (Å²) in [5, 5.41) is 6.63. The Morgan fingerprint density at radius 2 is 2.21 bits per heavy atom. The van der Waals surface area contributed by atoms with Crippen molar-refractivity contribution >= 4 is 29.9 Å². The molecular formula is C20H35IN4O3. The van der Waals surface area contributed by atoms with Crippen molar-refractivity contribution in [1.82, 2.24) is 15.6 Å². The fourth-order valence-corrected chi connectivity index (χ4v) is 2.72. The minimum absolute atomic E-state index is 0. The summed E-state index contributed by atoms with van der Waals surface area (Å²) >= 11 is 0. The van der Waals surface area contributed by atoms with Crippen LogP contribution in [-0.4, -0.2) is 57.1 Å². The Morgan fingerprint density at radius 1 is 1.32 bits per heavy atom. The Labute approximate surface area is 186 Å². The lowest BCUT2D eigenvalue weighted by atomic mass is 10.1. The number of nitrogens with one attached hydrogen (secondary N) is 2. The van der Waals surface area contributed by atoms with Gasteiger partial charge in [0.1, 0.15) is 0 Å². The molecule has 1 saturated heterocycles. The quantitative estimate of drug-likeness (QED) is 0.197. The Kier molecular flexibility index (Phi) is 14.0. The second-order valence-corrected chi connectivity index (χ2v) is 6.60. The molecule has 0 bridgehead atoms. The predicted octanol–water partition coefficient (Wildman–Crippen LogP) is 2.99. The maximum absolute atomic E-state index is 5.74. The molecule has 28 heavy (non-hydrogen) atoms. The van der Waals surface area contributed by atoms with E-state index in [2.05, 4.69) is 34.5 Å². The molecule has 1 fully saturated rings. The van der Waals surface area contributed by atoms with Crippen molar-refractivity contribution in [1.29, 1.82) is 0 Å². The van der Waals surface area contributed by atoms with Crippen LogP contribution in [0.2, 0.25) is 0 Å². The SMILES string of the molecule is CCCOc1ncccc1CN=C(NCC)NCCCOCC1CCOC1.I. The molecule has 160 valence electrons. The van der Waals surface area contributed by atoms with Gasteiger partial charge in [-0.05, 0) is 32.3 Å². The molecule has 0 saturated carbocycles. The fraction of sp³-hybridized carbons (Fsp3) is 0.700. The monoisotopic (exact) mass is 506 g/mol. The van der Waals surface area contributed by atoms with Gasteiger partial charge in [0.05, 0.1) is 26.4 Å². The van der Waals surface area contributed by atoms with Gasteiger partial charge in [-0.1, -0.05) is 13.0 Å². The average Bonchev–Trinajstić information content (AvgIpc) is 3.21. The van der Waals surface area contributed by atoms with Gasteiger partial charge in [0.25, 0.3) is 0 Å². The van der Waals surface area contributed by atoms with Crippen LogP contribution < -0.4 is 15.4 Å². The molecule has 1 aliphatic heterocycles. The van der Waals surface area contributed by atoms with Crippen LogP contribution in [0.1, 0.15) is 38.7 Å². The number of aliphatic imine (C=N–C) groups is 1. The van der Waals surface area contributed by atoms with Gasteiger partial charge in [-0.3, -0.25) is 0 Å². The van der Waals surface area contributed by atoms with Crippen LogP contribution in [-0.2, 0) is 16.0 Å². The topological polar surface area (TPSA) is 77.0 Å². The predicted molar refractivity (Wildman–Crippen MR) is 123 cm³/mol. The van der Waals surface area contributed by atoms with Crippen LogP contribution in [0.4, 0.5) is 0 Å². The van der Waals surface area contributed by atoms with Crippen molar-refractivity contribution in [2.75, 3.05) is 46.1 Å². The largest absolute Gasteiger partial charge is 0.477 e. The van der Waals surface area contributed by atoms with Gasteiger partial charge in [-0.2, -0.15) is 0 Å². The molecule has 7 nitrogen and oxygen atoms in total. The Morgan fingerprint density at radius 3 is 2.96 bits per heavy atom. The second-order valence-electron chi connectivity index (χ2n) is 6.60. The highest BCUT2D eigenvalue weighted by Crippen LogP contribution is 2.15. The fourth-order valence-electron chi connectivity index (χ4n) is 2.72. The van der Waals surface area contributed by atoms with Gasteiger partial charge in [-0.25, -0.2) is 9.98 Å². The van der Waals surface area contributed by atoms with Crippen molar-refractivity contribution in [3.63, 3.8) is 0 Å². The van der Waals surface area contributed by atoms with Gasteiger partial charge >= 0.3 is 0 Å². The number of halogens is 1. The molecule has 1 unspecified atom stereocenters. The first-order valence-corrected chi connectivity index (χ1v) is 10.1. The number of aromatic nitrogens is 1. The van der Waals surface area contributed by atoms with E-state index in [1.807, 2.05) is 12.1 Å². The number of hydrogen-bond acceptors (Lipinski definition) is 5. The lowest BCUT2D eigenvalue weighted by Crippen LogP contribution is -2.38. The summed E-state index contributed by atoms with van der Waals surface area (Å²) in [5.74, 6) is 2.04. The van der Waals surface area contributed by atoms with Crippen LogP contribution in [0.15, 0.2) is 23.3 Å². The van der Waals surface area contributed by atoms with Crippen molar-refractivity contribution in [3.05, 3.63) is 23.9 Å². The van der Waals surface area contributed by atoms with E-state index in [0.717, 1.165) is 70.3 Å². The summed E-state index contributed by atoms with van der Waals surface area (Å²) in [6.07, 6.45) is 4.77. The third-order valence-corrected chi connectivity index (χ3v) is 4.18. The minimum atomic E-state index is 0. The minimum Gasteiger partial charge on any atom is -0.477 e. The van der Waals surface area contributed by atoms with E-state index in [0.29, 0.717) is 24.9 Å². The van der Waals surface area contributed by atoms with E-state index in [1.165, 1.54) is 0 Å². The van der Waals surface area contributed by atoms with Gasteiger partial charge < -0.3 is 24.8 Å². The van der Waals surface area contributed by atoms with Gasteiger partial charge in [0.15, 0.2) is 5.96 Å². The van der Waals surface area contributed by atoms with Crippen LogP contribution in [0.5, 0.6) is 5.88 Å². The molecule has 1 aromatic heterocycles. The summed E-state index contributed by atoms with van der Waals surface area (Å²) in [5.41, 5.74) is 0.991. The summed E-state index contributed by atoms with van der Waals surface area (Å²) in [6, 6.07) is 3.92. The Hall–Kier alpha value is -1.13. The molecule has 1 atom stereocenters. The number of pyridine rings is 1. The molecule has 2 rings (SSSR count). The smallest absolute Gasteiger partial charge is 0.218 e. The standard InChI is InChI=1S/C20H34N4O3.HI/c1-3-11-27-19-18(7-5-9-22-19)14-24-20(21-4-2)23-10-6-12-25-15-17-8-13-26-16-17;/h5,7,9,17H,3-4,6,8,10-16H2,1-2H3,(H2,21,23,24);1H. The highest BCUT2D eigenvalue weighted by Gasteiger charge is 2.15. The molecule has 0 aliphatic carbocycles. The van der Waals surface area contributed by atoms with E-state index in [-0.39, 0.29) is 24.0 Å². The second kappa shape index (κ2) is 15.8. The summed E-state index contributed by atoms with van der Waals surface area (Å²) < 4.78 is 16.8. The summed E-state index contributed by atoms with van der Waals surface area (Å²) in [6.45, 7) is 10.2. The van der Waals surface area contributed by atoms with Crippen molar-refractivity contribution < 1.29 is 14.2 Å².